The highest BCUT2D eigenvalue weighted by Gasteiger charge is 2.12. The fraction of sp³-hybridized carbons (Fsp3) is 0.556. The summed E-state index contributed by atoms with van der Waals surface area (Å²) in [6, 6.07) is 0. The van der Waals surface area contributed by atoms with Crippen molar-refractivity contribution in [3.8, 4) is 0 Å². The lowest BCUT2D eigenvalue weighted by Gasteiger charge is -2.08. The predicted octanol–water partition coefficient (Wildman–Crippen LogP) is -0.320. The van der Waals surface area contributed by atoms with Crippen molar-refractivity contribution in [2.24, 2.45) is 0 Å². The zero-order chi connectivity index (χ0) is 11.9. The van der Waals surface area contributed by atoms with E-state index in [1.165, 1.54) is 4.52 Å². The number of aryl methyl sites for hydroxylation is 2. The van der Waals surface area contributed by atoms with E-state index >= 15 is 0 Å². The number of hydrogen-bond donors (Lipinski definition) is 0. The Labute approximate surface area is 92.4 Å². The van der Waals surface area contributed by atoms with E-state index in [4.69, 9.17) is 0 Å². The molecule has 16 heavy (non-hydrogen) atoms. The summed E-state index contributed by atoms with van der Waals surface area (Å²) in [5.41, 5.74) is -0.399. The van der Waals surface area contributed by atoms with Crippen molar-refractivity contribution < 1.29 is 0 Å². The highest BCUT2D eigenvalue weighted by molar-refractivity contribution is 5.37. The van der Waals surface area contributed by atoms with Crippen LogP contribution >= 0.6 is 0 Å². The summed E-state index contributed by atoms with van der Waals surface area (Å²) in [4.78, 5) is 21.5. The molecule has 7 nitrogen and oxygen atoms in total. The molecule has 0 N–H and O–H groups in total. The molecule has 0 spiro atoms. The highest BCUT2D eigenvalue weighted by atomic mass is 16.1. The molecule has 0 unspecified atom stereocenters. The Balaban J connectivity index is 2.83. The highest BCUT2D eigenvalue weighted by Crippen LogP contribution is 2.05. The number of hydrogen-bond acceptors (Lipinski definition) is 5. The summed E-state index contributed by atoms with van der Waals surface area (Å²) in [5, 5.41) is 4.11. The average molecular weight is 222 g/mol. The zero-order valence-corrected chi connectivity index (χ0v) is 9.80. The molecule has 0 aliphatic carbocycles. The zero-order valence-electron chi connectivity index (χ0n) is 9.80. The van der Waals surface area contributed by atoms with E-state index in [0.29, 0.717) is 11.7 Å². The molecule has 2 rings (SSSR count). The monoisotopic (exact) mass is 222 g/mol. The molecule has 7 heteroatoms. The lowest BCUT2D eigenvalue weighted by molar-refractivity contribution is 0.743. The minimum atomic E-state index is -0.399. The summed E-state index contributed by atoms with van der Waals surface area (Å²) >= 11 is 0. The molecular weight excluding hydrogens is 208 g/mol. The Hall–Kier alpha value is -1.92. The molecule has 2 aromatic heterocycles. The van der Waals surface area contributed by atoms with Crippen molar-refractivity contribution in [3.05, 3.63) is 16.3 Å². The van der Waals surface area contributed by atoms with Crippen LogP contribution < -0.4 is 10.6 Å². The number of nitrogens with zero attached hydrogens (tertiary/aromatic N) is 6. The molecule has 0 bridgehead atoms. The fourth-order valence-electron chi connectivity index (χ4n) is 1.56. The number of anilines is 1. The maximum absolute atomic E-state index is 11.7. The molecule has 0 saturated carbocycles. The molecule has 0 atom stereocenters. The molecule has 0 saturated heterocycles. The van der Waals surface area contributed by atoms with Crippen molar-refractivity contribution in [1.82, 2.24) is 24.1 Å². The number of aromatic nitrogens is 5. The summed E-state index contributed by atoms with van der Waals surface area (Å²) in [5.74, 6) is 1.69. The standard InChI is InChI=1S/C9H14N6O/c1-5-14-6(2)12-15-8(14)10-7(13(3)4)11-9(15)16/h5H2,1-4H3. The van der Waals surface area contributed by atoms with Crippen LogP contribution in [0.4, 0.5) is 5.95 Å². The first kappa shape index (κ1) is 10.6. The van der Waals surface area contributed by atoms with Gasteiger partial charge in [-0.1, -0.05) is 0 Å². The third-order valence-electron chi connectivity index (χ3n) is 2.36. The van der Waals surface area contributed by atoms with Crippen molar-refractivity contribution in [3.63, 3.8) is 0 Å². The van der Waals surface area contributed by atoms with Crippen LogP contribution in [0, 0.1) is 6.92 Å². The van der Waals surface area contributed by atoms with Crippen LogP contribution in [0.3, 0.4) is 0 Å². The predicted molar refractivity (Wildman–Crippen MR) is 59.8 cm³/mol. The largest absolute Gasteiger partial charge is 0.374 e. The van der Waals surface area contributed by atoms with E-state index in [1.54, 1.807) is 19.0 Å². The molecule has 2 aromatic rings. The van der Waals surface area contributed by atoms with E-state index in [2.05, 4.69) is 15.1 Å². The van der Waals surface area contributed by atoms with E-state index in [9.17, 15) is 4.79 Å². The van der Waals surface area contributed by atoms with E-state index in [-0.39, 0.29) is 0 Å². The summed E-state index contributed by atoms with van der Waals surface area (Å²) in [6.45, 7) is 4.54. The molecule has 0 aliphatic rings. The molecule has 0 radical (unpaired) electrons. The average Bonchev–Trinajstić information content (AvgIpc) is 2.54. The minimum absolute atomic E-state index is 0.399. The van der Waals surface area contributed by atoms with Gasteiger partial charge in [0.15, 0.2) is 0 Å². The Bertz CT molecular complexity index is 581. The lowest BCUT2D eigenvalue weighted by atomic mass is 10.6. The van der Waals surface area contributed by atoms with Gasteiger partial charge in [0.25, 0.3) is 0 Å². The van der Waals surface area contributed by atoms with Gasteiger partial charge < -0.3 is 4.90 Å². The van der Waals surface area contributed by atoms with Gasteiger partial charge in [-0.2, -0.15) is 9.97 Å². The summed E-state index contributed by atoms with van der Waals surface area (Å²) < 4.78 is 3.10. The topological polar surface area (TPSA) is 68.3 Å². The number of rotatable bonds is 2. The van der Waals surface area contributed by atoms with Crippen molar-refractivity contribution >= 4 is 11.7 Å². The third-order valence-corrected chi connectivity index (χ3v) is 2.36. The van der Waals surface area contributed by atoms with Gasteiger partial charge >= 0.3 is 5.69 Å². The molecular formula is C9H14N6O. The fourth-order valence-corrected chi connectivity index (χ4v) is 1.56. The Morgan fingerprint density at radius 2 is 2.00 bits per heavy atom. The Kier molecular flexibility index (Phi) is 2.37. The van der Waals surface area contributed by atoms with Gasteiger partial charge in [0.05, 0.1) is 0 Å². The first-order valence-corrected chi connectivity index (χ1v) is 5.06. The normalized spacial score (nSPS) is 11.0. The van der Waals surface area contributed by atoms with Gasteiger partial charge in [0, 0.05) is 20.6 Å². The molecule has 0 amide bonds. The Morgan fingerprint density at radius 3 is 2.56 bits per heavy atom. The van der Waals surface area contributed by atoms with Crippen LogP contribution in [-0.2, 0) is 6.54 Å². The lowest BCUT2D eigenvalue weighted by Crippen LogP contribution is -2.24. The smallest absolute Gasteiger partial charge is 0.347 e. The maximum Gasteiger partial charge on any atom is 0.374 e. The van der Waals surface area contributed by atoms with Gasteiger partial charge in [-0.25, -0.2) is 4.79 Å². The molecule has 86 valence electrons. The quantitative estimate of drug-likeness (QED) is 0.696. The van der Waals surface area contributed by atoms with Gasteiger partial charge in [0.2, 0.25) is 11.7 Å². The maximum atomic E-state index is 11.7. The van der Waals surface area contributed by atoms with Crippen LogP contribution in [0.15, 0.2) is 4.79 Å². The van der Waals surface area contributed by atoms with Gasteiger partial charge in [0.1, 0.15) is 5.82 Å². The van der Waals surface area contributed by atoms with Crippen LogP contribution in [0.2, 0.25) is 0 Å². The van der Waals surface area contributed by atoms with Crippen molar-refractivity contribution in [2.45, 2.75) is 20.4 Å². The van der Waals surface area contributed by atoms with Crippen LogP contribution in [0.1, 0.15) is 12.7 Å². The molecule has 0 aromatic carbocycles. The van der Waals surface area contributed by atoms with Crippen molar-refractivity contribution in [1.29, 1.82) is 0 Å². The molecule has 0 fully saturated rings. The van der Waals surface area contributed by atoms with Crippen molar-refractivity contribution in [2.75, 3.05) is 19.0 Å². The summed E-state index contributed by atoms with van der Waals surface area (Å²) in [6.07, 6.45) is 0. The van der Waals surface area contributed by atoms with Crippen LogP contribution in [-0.4, -0.2) is 38.2 Å². The number of fused-ring (bicyclic) bond motifs is 1. The van der Waals surface area contributed by atoms with Gasteiger partial charge in [-0.05, 0) is 13.8 Å². The molecule has 0 aliphatic heterocycles. The Morgan fingerprint density at radius 1 is 1.31 bits per heavy atom. The second-order valence-corrected chi connectivity index (χ2v) is 3.70. The van der Waals surface area contributed by atoms with E-state index in [0.717, 1.165) is 12.4 Å². The second kappa shape index (κ2) is 3.58. The molecule has 2 heterocycles. The minimum Gasteiger partial charge on any atom is -0.347 e. The summed E-state index contributed by atoms with van der Waals surface area (Å²) in [7, 11) is 3.59. The van der Waals surface area contributed by atoms with E-state index in [1.807, 2.05) is 18.4 Å². The van der Waals surface area contributed by atoms with Gasteiger partial charge in [-0.15, -0.1) is 9.61 Å². The van der Waals surface area contributed by atoms with E-state index < -0.39 is 5.69 Å². The van der Waals surface area contributed by atoms with Gasteiger partial charge in [-0.3, -0.25) is 4.57 Å². The second-order valence-electron chi connectivity index (χ2n) is 3.70. The van der Waals surface area contributed by atoms with Crippen LogP contribution in [0.25, 0.3) is 5.78 Å². The van der Waals surface area contributed by atoms with Crippen LogP contribution in [0.5, 0.6) is 0 Å². The first-order chi connectivity index (χ1) is 7.54. The SMILES string of the molecule is CCn1c(C)nn2c(=O)nc(N(C)C)nc12. The first-order valence-electron chi connectivity index (χ1n) is 5.06. The third kappa shape index (κ3) is 1.44.